The molecule has 2 amide bonds. The second-order valence-corrected chi connectivity index (χ2v) is 9.21. The lowest BCUT2D eigenvalue weighted by atomic mass is 10.1. The van der Waals surface area contributed by atoms with Crippen LogP contribution in [0.2, 0.25) is 0 Å². The number of aromatic nitrogens is 1. The van der Waals surface area contributed by atoms with Gasteiger partial charge in [0.15, 0.2) is 0 Å². The van der Waals surface area contributed by atoms with Gasteiger partial charge in [-0.3, -0.25) is 19.8 Å². The lowest BCUT2D eigenvalue weighted by Crippen LogP contribution is -2.25. The average Bonchev–Trinajstić information content (AvgIpc) is 3.42. The summed E-state index contributed by atoms with van der Waals surface area (Å²) < 4.78 is 5.72. The van der Waals surface area contributed by atoms with Crippen LogP contribution in [0.1, 0.15) is 75.3 Å². The van der Waals surface area contributed by atoms with Crippen LogP contribution >= 0.6 is 0 Å². The number of nitrogens with one attached hydrogen (secondary N) is 3. The van der Waals surface area contributed by atoms with Gasteiger partial charge in [0.2, 0.25) is 11.8 Å². The molecule has 1 aromatic heterocycles. The van der Waals surface area contributed by atoms with Crippen molar-refractivity contribution in [2.75, 3.05) is 5.32 Å². The fourth-order valence-corrected chi connectivity index (χ4v) is 4.17. The molecule has 0 saturated heterocycles. The molecule has 2 aromatic rings. The van der Waals surface area contributed by atoms with Gasteiger partial charge in [0.05, 0.1) is 11.9 Å². The highest BCUT2D eigenvalue weighted by Gasteiger charge is 2.21. The number of hydrogen-bond acceptors (Lipinski definition) is 7. The van der Waals surface area contributed by atoms with Crippen molar-refractivity contribution in [2.24, 2.45) is 0 Å². The minimum atomic E-state index is -0.395. The van der Waals surface area contributed by atoms with Gasteiger partial charge in [-0.05, 0) is 61.8 Å². The highest BCUT2D eigenvalue weighted by Crippen LogP contribution is 2.22. The Hall–Kier alpha value is -3.72. The van der Waals surface area contributed by atoms with Gasteiger partial charge in [-0.15, -0.1) is 0 Å². The average molecular weight is 509 g/mol. The van der Waals surface area contributed by atoms with E-state index >= 15 is 0 Å². The smallest absolute Gasteiger partial charge is 0.354 e. The van der Waals surface area contributed by atoms with E-state index in [0.29, 0.717) is 37.2 Å². The lowest BCUT2D eigenvalue weighted by Gasteiger charge is -2.15. The molecule has 0 unspecified atom stereocenters. The number of hydroxylamine groups is 1. The van der Waals surface area contributed by atoms with Gasteiger partial charge in [-0.2, -0.15) is 0 Å². The lowest BCUT2D eigenvalue weighted by molar-refractivity contribution is -0.144. The predicted octanol–water partition coefficient (Wildman–Crippen LogP) is 4.48. The van der Waals surface area contributed by atoms with Crippen LogP contribution < -0.4 is 16.1 Å². The summed E-state index contributed by atoms with van der Waals surface area (Å²) in [7, 11) is 0. The molecule has 0 radical (unpaired) electrons. The molecule has 0 spiro atoms. The van der Waals surface area contributed by atoms with Gasteiger partial charge in [0.25, 0.3) is 0 Å². The minimum absolute atomic E-state index is 0.0336. The van der Waals surface area contributed by atoms with Gasteiger partial charge in [0.1, 0.15) is 11.8 Å². The fraction of sp³-hybridized carbons (Fsp3) is 0.429. The van der Waals surface area contributed by atoms with Crippen LogP contribution in [0.3, 0.4) is 0 Å². The van der Waals surface area contributed by atoms with Crippen molar-refractivity contribution in [3.8, 4) is 0 Å². The summed E-state index contributed by atoms with van der Waals surface area (Å²) in [6, 6.07) is 11.4. The van der Waals surface area contributed by atoms with Gasteiger partial charge >= 0.3 is 5.97 Å². The van der Waals surface area contributed by atoms with Crippen LogP contribution in [-0.2, 0) is 25.7 Å². The zero-order chi connectivity index (χ0) is 26.3. The summed E-state index contributed by atoms with van der Waals surface area (Å²) in [6.45, 7) is 0.344. The largest absolute Gasteiger partial charge is 0.458 e. The van der Waals surface area contributed by atoms with Crippen molar-refractivity contribution in [2.45, 2.75) is 76.9 Å². The minimum Gasteiger partial charge on any atom is -0.458 e. The zero-order valence-electron chi connectivity index (χ0n) is 21.1. The SMILES string of the molecule is O=C(CCCCCCC(=O)Nc1cncc(CN/C(=C/c2ccccc2)C(=O)OC2CCCC2)c1)NO. The number of hydrogen-bond donors (Lipinski definition) is 4. The van der Waals surface area contributed by atoms with E-state index in [1.54, 1.807) is 23.9 Å². The Bertz CT molecular complexity index is 1050. The van der Waals surface area contributed by atoms with Crippen LogP contribution in [0.25, 0.3) is 6.08 Å². The highest BCUT2D eigenvalue weighted by atomic mass is 16.5. The second kappa shape index (κ2) is 15.4. The third-order valence-corrected chi connectivity index (χ3v) is 6.15. The van der Waals surface area contributed by atoms with Crippen molar-refractivity contribution in [1.29, 1.82) is 0 Å². The number of carbonyl (C=O) groups excluding carboxylic acids is 3. The Morgan fingerprint density at radius 1 is 0.973 bits per heavy atom. The van der Waals surface area contributed by atoms with Gasteiger partial charge in [0, 0.05) is 25.6 Å². The molecule has 1 aromatic carbocycles. The molecule has 1 saturated carbocycles. The Morgan fingerprint density at radius 2 is 1.68 bits per heavy atom. The highest BCUT2D eigenvalue weighted by molar-refractivity contribution is 5.93. The van der Waals surface area contributed by atoms with E-state index in [4.69, 9.17) is 9.94 Å². The molecule has 0 atom stereocenters. The third kappa shape index (κ3) is 10.4. The molecular weight excluding hydrogens is 472 g/mol. The molecule has 4 N–H and O–H groups in total. The number of benzene rings is 1. The number of esters is 1. The Balaban J connectivity index is 1.50. The Kier molecular flexibility index (Phi) is 11.6. The molecule has 1 heterocycles. The molecule has 1 fully saturated rings. The number of rotatable bonds is 14. The van der Waals surface area contributed by atoms with Crippen LogP contribution in [0, 0.1) is 0 Å². The van der Waals surface area contributed by atoms with E-state index in [1.807, 2.05) is 36.4 Å². The van der Waals surface area contributed by atoms with Crippen LogP contribution in [-0.4, -0.2) is 34.1 Å². The monoisotopic (exact) mass is 508 g/mol. The molecule has 9 nitrogen and oxygen atoms in total. The first-order chi connectivity index (χ1) is 18.0. The number of pyridine rings is 1. The summed E-state index contributed by atoms with van der Waals surface area (Å²) in [6.07, 6.45) is 12.6. The molecule has 0 bridgehead atoms. The van der Waals surface area contributed by atoms with Gasteiger partial charge in [-0.25, -0.2) is 10.3 Å². The van der Waals surface area contributed by atoms with E-state index in [2.05, 4.69) is 15.6 Å². The van der Waals surface area contributed by atoms with E-state index in [-0.39, 0.29) is 24.4 Å². The fourth-order valence-electron chi connectivity index (χ4n) is 4.17. The number of unbranched alkanes of at least 4 members (excludes halogenated alkanes) is 3. The number of carbonyl (C=O) groups is 3. The number of nitrogens with zero attached hydrogens (tertiary/aromatic N) is 1. The summed E-state index contributed by atoms with van der Waals surface area (Å²) in [5.41, 5.74) is 4.29. The van der Waals surface area contributed by atoms with Crippen molar-refractivity contribution < 1.29 is 24.3 Å². The molecule has 0 aliphatic heterocycles. The standard InChI is InChI=1S/C28H36N4O5/c33-26(14-6-1-2-7-15-27(34)32-36)31-23-16-22(18-29-20-23)19-30-25(17-21-10-4-3-5-11-21)28(35)37-24-12-8-9-13-24/h3-5,10-11,16-18,20,24,30,36H,1-2,6-9,12-15,19H2,(H,31,33)(H,32,34)/b25-17+. The van der Waals surface area contributed by atoms with E-state index in [9.17, 15) is 14.4 Å². The molecule has 37 heavy (non-hydrogen) atoms. The summed E-state index contributed by atoms with van der Waals surface area (Å²) >= 11 is 0. The van der Waals surface area contributed by atoms with E-state index in [0.717, 1.165) is 49.7 Å². The number of ether oxygens (including phenoxy) is 1. The maximum atomic E-state index is 12.9. The normalized spacial score (nSPS) is 13.7. The molecular formula is C28H36N4O5. The van der Waals surface area contributed by atoms with E-state index in [1.165, 1.54) is 0 Å². The maximum Gasteiger partial charge on any atom is 0.354 e. The summed E-state index contributed by atoms with van der Waals surface area (Å²) in [4.78, 5) is 40.4. The van der Waals surface area contributed by atoms with Crippen molar-refractivity contribution >= 4 is 29.5 Å². The Morgan fingerprint density at radius 3 is 2.38 bits per heavy atom. The van der Waals surface area contributed by atoms with Gasteiger partial charge < -0.3 is 15.4 Å². The topological polar surface area (TPSA) is 130 Å². The predicted molar refractivity (Wildman–Crippen MR) is 140 cm³/mol. The van der Waals surface area contributed by atoms with E-state index < -0.39 is 5.91 Å². The zero-order valence-corrected chi connectivity index (χ0v) is 21.1. The van der Waals surface area contributed by atoms with Crippen molar-refractivity contribution in [3.63, 3.8) is 0 Å². The third-order valence-electron chi connectivity index (χ3n) is 6.15. The second-order valence-electron chi connectivity index (χ2n) is 9.21. The van der Waals surface area contributed by atoms with Gasteiger partial charge in [-0.1, -0.05) is 43.2 Å². The summed E-state index contributed by atoms with van der Waals surface area (Å²) in [5, 5.41) is 14.5. The number of anilines is 1. The molecule has 198 valence electrons. The maximum absolute atomic E-state index is 12.9. The Labute approximate surface area is 217 Å². The molecule has 1 aliphatic rings. The summed E-state index contributed by atoms with van der Waals surface area (Å²) in [5.74, 6) is -0.872. The van der Waals surface area contributed by atoms with Crippen molar-refractivity contribution in [1.82, 2.24) is 15.8 Å². The quantitative estimate of drug-likeness (QED) is 0.0973. The number of amides is 2. The first kappa shape index (κ1) is 27.9. The van der Waals surface area contributed by atoms with Crippen LogP contribution in [0.5, 0.6) is 0 Å². The molecule has 9 heteroatoms. The molecule has 3 rings (SSSR count). The van der Waals surface area contributed by atoms with Crippen molar-refractivity contribution in [3.05, 3.63) is 65.6 Å². The first-order valence-electron chi connectivity index (χ1n) is 12.9. The van der Waals surface area contributed by atoms with Crippen LogP contribution in [0.15, 0.2) is 54.5 Å². The molecule has 1 aliphatic carbocycles. The first-order valence-corrected chi connectivity index (χ1v) is 12.9. The van der Waals surface area contributed by atoms with Crippen LogP contribution in [0.4, 0.5) is 5.69 Å².